The molecule has 0 atom stereocenters. The number of carbonyl (C=O) groups excluding carboxylic acids is 1. The average Bonchev–Trinajstić information content (AvgIpc) is 2.26. The monoisotopic (exact) mass is 301 g/mol. The van der Waals surface area contributed by atoms with Gasteiger partial charge in [-0.1, -0.05) is 0 Å². The van der Waals surface area contributed by atoms with Crippen molar-refractivity contribution in [2.24, 2.45) is 0 Å². The van der Waals surface area contributed by atoms with Crippen LogP contribution in [0.25, 0.3) is 0 Å². The number of hydrogen-bond donors (Lipinski definition) is 1. The van der Waals surface area contributed by atoms with Crippen molar-refractivity contribution in [3.63, 3.8) is 0 Å². The maximum atomic E-state index is 11.7. The fourth-order valence-corrected chi connectivity index (χ4v) is 1.84. The van der Waals surface area contributed by atoms with E-state index < -0.39 is 0 Å². The van der Waals surface area contributed by atoms with Crippen molar-refractivity contribution in [3.8, 4) is 0 Å². The Labute approximate surface area is 108 Å². The summed E-state index contributed by atoms with van der Waals surface area (Å²) in [5, 5.41) is 2.69. The Morgan fingerprint density at radius 2 is 2.12 bits per heavy atom. The summed E-state index contributed by atoms with van der Waals surface area (Å²) in [6.45, 7) is 6.41. The highest BCUT2D eigenvalue weighted by atomic mass is 79.9. The summed E-state index contributed by atoms with van der Waals surface area (Å²) in [6, 6.07) is 0. The minimum Gasteiger partial charge on any atom is -0.356 e. The second-order valence-electron chi connectivity index (χ2n) is 3.73. The van der Waals surface area contributed by atoms with Gasteiger partial charge in [-0.3, -0.25) is 9.36 Å². The van der Waals surface area contributed by atoms with Crippen LogP contribution in [0.2, 0.25) is 0 Å². The largest absolute Gasteiger partial charge is 0.356 e. The van der Waals surface area contributed by atoms with E-state index >= 15 is 0 Å². The lowest BCUT2D eigenvalue weighted by Gasteiger charge is -2.11. The summed E-state index contributed by atoms with van der Waals surface area (Å²) in [4.78, 5) is 26.9. The third kappa shape index (κ3) is 3.39. The van der Waals surface area contributed by atoms with E-state index in [-0.39, 0.29) is 18.0 Å². The lowest BCUT2D eigenvalue weighted by atomic mass is 10.3. The molecule has 0 fully saturated rings. The molecule has 1 aromatic rings. The van der Waals surface area contributed by atoms with Crippen LogP contribution in [-0.4, -0.2) is 22.0 Å². The van der Waals surface area contributed by atoms with Gasteiger partial charge in [-0.15, -0.1) is 0 Å². The van der Waals surface area contributed by atoms with Crippen molar-refractivity contribution in [2.75, 3.05) is 6.54 Å². The van der Waals surface area contributed by atoms with E-state index in [1.165, 1.54) is 4.57 Å². The van der Waals surface area contributed by atoms with Gasteiger partial charge in [0.25, 0.3) is 0 Å². The van der Waals surface area contributed by atoms with Gasteiger partial charge in [-0.25, -0.2) is 4.79 Å². The molecule has 1 rings (SSSR count). The molecule has 0 saturated carbocycles. The summed E-state index contributed by atoms with van der Waals surface area (Å²) in [7, 11) is 0. The summed E-state index contributed by atoms with van der Waals surface area (Å²) < 4.78 is 2.32. The van der Waals surface area contributed by atoms with Crippen molar-refractivity contribution in [2.45, 2.75) is 33.7 Å². The number of aryl methyl sites for hydroxylation is 1. The van der Waals surface area contributed by atoms with Crippen LogP contribution in [0, 0.1) is 13.8 Å². The molecule has 0 aliphatic heterocycles. The molecule has 5 nitrogen and oxygen atoms in total. The molecule has 0 unspecified atom stereocenters. The number of nitrogens with zero attached hydrogens (tertiary/aromatic N) is 2. The molecule has 0 bridgehead atoms. The normalized spacial score (nSPS) is 10.4. The Morgan fingerprint density at radius 3 is 2.71 bits per heavy atom. The van der Waals surface area contributed by atoms with E-state index in [0.29, 0.717) is 18.8 Å². The van der Waals surface area contributed by atoms with Gasteiger partial charge in [0.2, 0.25) is 5.91 Å². The Bertz CT molecular complexity index is 482. The number of amides is 1. The molecule has 0 aliphatic rings. The first-order chi connectivity index (χ1) is 7.97. The van der Waals surface area contributed by atoms with Gasteiger partial charge in [0.1, 0.15) is 0 Å². The minimum atomic E-state index is -0.313. The molecule has 94 valence electrons. The summed E-state index contributed by atoms with van der Waals surface area (Å²) in [5.74, 6) is -0.0597. The third-order valence-electron chi connectivity index (χ3n) is 2.47. The molecule has 0 aromatic carbocycles. The fourth-order valence-electron chi connectivity index (χ4n) is 1.54. The van der Waals surface area contributed by atoms with Gasteiger partial charge < -0.3 is 5.32 Å². The zero-order valence-corrected chi connectivity index (χ0v) is 11.8. The van der Waals surface area contributed by atoms with Crippen LogP contribution in [0.1, 0.15) is 24.7 Å². The summed E-state index contributed by atoms with van der Waals surface area (Å²) in [5.41, 5.74) is 1.15. The van der Waals surface area contributed by atoms with Crippen LogP contribution in [0.4, 0.5) is 0 Å². The van der Waals surface area contributed by atoms with Crippen LogP contribution in [0.15, 0.2) is 9.27 Å². The molecule has 0 radical (unpaired) electrons. The standard InChI is InChI=1S/C11H16BrN3O2/c1-4-13-9(16)5-6-15-8(3)10(12)7(2)14-11(15)17/h4-6H2,1-3H3,(H,13,16). The first-order valence-electron chi connectivity index (χ1n) is 5.47. The van der Waals surface area contributed by atoms with Crippen LogP contribution < -0.4 is 11.0 Å². The maximum Gasteiger partial charge on any atom is 0.348 e. The quantitative estimate of drug-likeness (QED) is 0.907. The van der Waals surface area contributed by atoms with E-state index in [4.69, 9.17) is 0 Å². The zero-order valence-electron chi connectivity index (χ0n) is 10.2. The number of carbonyl (C=O) groups is 1. The van der Waals surface area contributed by atoms with E-state index in [9.17, 15) is 9.59 Å². The van der Waals surface area contributed by atoms with Crippen molar-refractivity contribution < 1.29 is 4.79 Å². The highest BCUT2D eigenvalue weighted by molar-refractivity contribution is 9.10. The second-order valence-corrected chi connectivity index (χ2v) is 4.53. The molecule has 1 aromatic heterocycles. The predicted octanol–water partition coefficient (Wildman–Crippen LogP) is 1.15. The first-order valence-corrected chi connectivity index (χ1v) is 6.27. The molecule has 0 spiro atoms. The van der Waals surface area contributed by atoms with Crippen molar-refractivity contribution >= 4 is 21.8 Å². The Balaban J connectivity index is 2.89. The van der Waals surface area contributed by atoms with E-state index in [0.717, 1.165) is 10.2 Å². The van der Waals surface area contributed by atoms with E-state index in [1.54, 1.807) is 6.92 Å². The highest BCUT2D eigenvalue weighted by Crippen LogP contribution is 2.16. The van der Waals surface area contributed by atoms with Gasteiger partial charge >= 0.3 is 5.69 Å². The van der Waals surface area contributed by atoms with Crippen molar-refractivity contribution in [3.05, 3.63) is 26.3 Å². The van der Waals surface area contributed by atoms with Gasteiger partial charge in [-0.05, 0) is 36.7 Å². The number of aromatic nitrogens is 2. The third-order valence-corrected chi connectivity index (χ3v) is 3.62. The smallest absolute Gasteiger partial charge is 0.348 e. The minimum absolute atomic E-state index is 0.0597. The lowest BCUT2D eigenvalue weighted by Crippen LogP contribution is -2.30. The maximum absolute atomic E-state index is 11.7. The van der Waals surface area contributed by atoms with Crippen LogP contribution in [0.3, 0.4) is 0 Å². The van der Waals surface area contributed by atoms with Gasteiger partial charge in [-0.2, -0.15) is 4.98 Å². The highest BCUT2D eigenvalue weighted by Gasteiger charge is 2.10. The number of halogens is 1. The Kier molecular flexibility index (Phi) is 4.86. The summed E-state index contributed by atoms with van der Waals surface area (Å²) >= 11 is 3.38. The van der Waals surface area contributed by atoms with Gasteiger partial charge in [0.15, 0.2) is 0 Å². The second kappa shape index (κ2) is 5.95. The topological polar surface area (TPSA) is 64.0 Å². The molecule has 0 aliphatic carbocycles. The van der Waals surface area contributed by atoms with Gasteiger partial charge in [0, 0.05) is 25.2 Å². The Morgan fingerprint density at radius 1 is 1.47 bits per heavy atom. The molecule has 6 heteroatoms. The average molecular weight is 302 g/mol. The molecule has 0 saturated heterocycles. The van der Waals surface area contributed by atoms with Crippen LogP contribution >= 0.6 is 15.9 Å². The zero-order chi connectivity index (χ0) is 13.0. The number of nitrogens with one attached hydrogen (secondary N) is 1. The number of rotatable bonds is 4. The molecular formula is C11H16BrN3O2. The Hall–Kier alpha value is -1.17. The van der Waals surface area contributed by atoms with Crippen molar-refractivity contribution in [1.29, 1.82) is 0 Å². The first kappa shape index (κ1) is 13.9. The fraction of sp³-hybridized carbons (Fsp3) is 0.545. The van der Waals surface area contributed by atoms with Crippen LogP contribution in [-0.2, 0) is 11.3 Å². The van der Waals surface area contributed by atoms with Crippen molar-refractivity contribution in [1.82, 2.24) is 14.9 Å². The van der Waals surface area contributed by atoms with Gasteiger partial charge in [0.05, 0.1) is 10.2 Å². The van der Waals surface area contributed by atoms with E-state index in [2.05, 4.69) is 26.2 Å². The molecular weight excluding hydrogens is 286 g/mol. The molecule has 1 amide bonds. The molecule has 1 N–H and O–H groups in total. The molecule has 1 heterocycles. The van der Waals surface area contributed by atoms with E-state index in [1.807, 2.05) is 13.8 Å². The molecule has 17 heavy (non-hydrogen) atoms. The predicted molar refractivity (Wildman–Crippen MR) is 69.0 cm³/mol. The summed E-state index contributed by atoms with van der Waals surface area (Å²) in [6.07, 6.45) is 0.283. The number of hydrogen-bond acceptors (Lipinski definition) is 3. The lowest BCUT2D eigenvalue weighted by molar-refractivity contribution is -0.121. The SMILES string of the molecule is CCNC(=O)CCn1c(C)c(Br)c(C)nc1=O. The van der Waals surface area contributed by atoms with Crippen LogP contribution in [0.5, 0.6) is 0 Å².